The molecule has 0 amide bonds. The van der Waals surface area contributed by atoms with Crippen LogP contribution in [-0.4, -0.2) is 15.7 Å². The smallest absolute Gasteiger partial charge is 0.158 e. The Kier molecular flexibility index (Phi) is 3.31. The molecule has 1 aliphatic carbocycles. The molecule has 5 rings (SSSR count). The molecule has 0 atom stereocenters. The zero-order chi connectivity index (χ0) is 16.8. The maximum absolute atomic E-state index is 5.86. The number of nitrogens with one attached hydrogen (secondary N) is 1. The fourth-order valence-electron chi connectivity index (χ4n) is 3.37. The molecule has 0 unspecified atom stereocenters. The van der Waals surface area contributed by atoms with Crippen molar-refractivity contribution in [2.45, 2.75) is 26.2 Å². The predicted octanol–water partition coefficient (Wildman–Crippen LogP) is 4.76. The molecule has 0 saturated heterocycles. The maximum Gasteiger partial charge on any atom is 0.158 e. The molecule has 124 valence electrons. The highest BCUT2D eigenvalue weighted by Crippen LogP contribution is 2.39. The summed E-state index contributed by atoms with van der Waals surface area (Å²) in [7, 11) is 0. The number of furan rings is 1. The minimum atomic E-state index is 0.759. The molecule has 0 radical (unpaired) electrons. The average Bonchev–Trinajstić information content (AvgIpc) is 3.32. The van der Waals surface area contributed by atoms with Crippen LogP contribution in [-0.2, 0) is 12.8 Å². The predicted molar refractivity (Wildman–Crippen MR) is 101 cm³/mol. The third kappa shape index (κ3) is 2.41. The van der Waals surface area contributed by atoms with Gasteiger partial charge in [0, 0.05) is 10.3 Å². The zero-order valence-electron chi connectivity index (χ0n) is 13.7. The van der Waals surface area contributed by atoms with Gasteiger partial charge in [0.05, 0.1) is 5.39 Å². The van der Waals surface area contributed by atoms with Crippen molar-refractivity contribution in [1.29, 1.82) is 0 Å². The second-order valence-corrected chi connectivity index (χ2v) is 7.30. The fraction of sp³-hybridized carbons (Fsp3) is 0.211. The lowest BCUT2D eigenvalue weighted by atomic mass is 10.2. The summed E-state index contributed by atoms with van der Waals surface area (Å²) < 4.78 is 5.86. The number of aryl methyl sites for hydroxylation is 2. The van der Waals surface area contributed by atoms with Crippen LogP contribution in [0.15, 0.2) is 46.2 Å². The molecule has 0 aliphatic heterocycles. The summed E-state index contributed by atoms with van der Waals surface area (Å²) in [5.74, 6) is 1.54. The van der Waals surface area contributed by atoms with Crippen molar-refractivity contribution in [3.63, 3.8) is 0 Å². The van der Waals surface area contributed by atoms with Crippen molar-refractivity contribution in [3.05, 3.63) is 52.9 Å². The number of thiophene rings is 1. The van der Waals surface area contributed by atoms with Crippen LogP contribution >= 0.6 is 11.3 Å². The number of hydrazone groups is 1. The number of rotatable bonds is 3. The Balaban J connectivity index is 1.51. The van der Waals surface area contributed by atoms with Gasteiger partial charge in [-0.2, -0.15) is 5.10 Å². The second kappa shape index (κ2) is 5.67. The van der Waals surface area contributed by atoms with Gasteiger partial charge in [-0.15, -0.1) is 11.3 Å². The Bertz CT molecular complexity index is 1090. The van der Waals surface area contributed by atoms with Gasteiger partial charge in [0.1, 0.15) is 22.5 Å². The zero-order valence-corrected chi connectivity index (χ0v) is 14.6. The van der Waals surface area contributed by atoms with Crippen LogP contribution in [0.25, 0.3) is 21.2 Å². The quantitative estimate of drug-likeness (QED) is 0.428. The lowest BCUT2D eigenvalue weighted by Gasteiger charge is -2.03. The molecule has 6 heteroatoms. The van der Waals surface area contributed by atoms with Crippen molar-refractivity contribution in [3.8, 4) is 0 Å². The molecule has 0 spiro atoms. The normalized spacial score (nSPS) is 14.4. The minimum absolute atomic E-state index is 0.759. The van der Waals surface area contributed by atoms with E-state index in [0.717, 1.165) is 51.3 Å². The van der Waals surface area contributed by atoms with Crippen LogP contribution in [0.1, 0.15) is 29.5 Å². The summed E-state index contributed by atoms with van der Waals surface area (Å²) in [6.45, 7) is 1.93. The van der Waals surface area contributed by atoms with Crippen LogP contribution in [0, 0.1) is 0 Å². The maximum atomic E-state index is 5.86. The van der Waals surface area contributed by atoms with E-state index in [1.165, 1.54) is 16.9 Å². The number of nitrogens with zero attached hydrogens (tertiary/aromatic N) is 3. The molecule has 0 bridgehead atoms. The van der Waals surface area contributed by atoms with Crippen molar-refractivity contribution < 1.29 is 4.42 Å². The fourth-order valence-corrected chi connectivity index (χ4v) is 4.59. The average molecular weight is 348 g/mol. The monoisotopic (exact) mass is 348 g/mol. The highest BCUT2D eigenvalue weighted by molar-refractivity contribution is 7.19. The Morgan fingerprint density at radius 1 is 1.24 bits per heavy atom. The summed E-state index contributed by atoms with van der Waals surface area (Å²) in [4.78, 5) is 11.3. The van der Waals surface area contributed by atoms with Gasteiger partial charge in [0.15, 0.2) is 11.6 Å². The van der Waals surface area contributed by atoms with Crippen LogP contribution in [0.5, 0.6) is 0 Å². The minimum Gasteiger partial charge on any atom is -0.455 e. The number of fused-ring (bicyclic) bond motifs is 4. The van der Waals surface area contributed by atoms with Crippen LogP contribution < -0.4 is 5.43 Å². The van der Waals surface area contributed by atoms with E-state index in [4.69, 9.17) is 4.42 Å². The van der Waals surface area contributed by atoms with Gasteiger partial charge in [-0.05, 0) is 43.9 Å². The van der Waals surface area contributed by atoms with E-state index in [-0.39, 0.29) is 0 Å². The first kappa shape index (κ1) is 14.6. The van der Waals surface area contributed by atoms with Crippen molar-refractivity contribution in [1.82, 2.24) is 9.97 Å². The molecule has 0 saturated carbocycles. The van der Waals surface area contributed by atoms with E-state index < -0.39 is 0 Å². The molecule has 0 fully saturated rings. The van der Waals surface area contributed by atoms with E-state index >= 15 is 0 Å². The van der Waals surface area contributed by atoms with Crippen molar-refractivity contribution >= 4 is 44.1 Å². The number of aromatic nitrogens is 2. The Morgan fingerprint density at radius 3 is 3.08 bits per heavy atom. The molecule has 5 nitrogen and oxygen atoms in total. The van der Waals surface area contributed by atoms with Gasteiger partial charge in [-0.25, -0.2) is 9.97 Å². The summed E-state index contributed by atoms with van der Waals surface area (Å²) in [6, 6.07) is 9.97. The lowest BCUT2D eigenvalue weighted by molar-refractivity contribution is 0.604. The Hall–Kier alpha value is -2.73. The van der Waals surface area contributed by atoms with Crippen molar-refractivity contribution in [2.24, 2.45) is 5.10 Å². The van der Waals surface area contributed by atoms with Crippen LogP contribution in [0.4, 0.5) is 5.82 Å². The molecule has 3 heterocycles. The first-order chi connectivity index (χ1) is 12.3. The topological polar surface area (TPSA) is 63.3 Å². The number of para-hydroxylation sites is 1. The first-order valence-electron chi connectivity index (χ1n) is 8.34. The molecule has 1 aliphatic rings. The van der Waals surface area contributed by atoms with E-state index in [1.54, 1.807) is 17.7 Å². The largest absolute Gasteiger partial charge is 0.455 e. The molecule has 3 aromatic heterocycles. The van der Waals surface area contributed by atoms with Gasteiger partial charge < -0.3 is 4.42 Å². The van der Waals surface area contributed by atoms with Crippen molar-refractivity contribution in [2.75, 3.05) is 5.43 Å². The summed E-state index contributed by atoms with van der Waals surface area (Å²) >= 11 is 1.78. The number of hydrogen-bond acceptors (Lipinski definition) is 6. The highest BCUT2D eigenvalue weighted by atomic mass is 32.1. The van der Waals surface area contributed by atoms with Crippen LogP contribution in [0.2, 0.25) is 0 Å². The third-order valence-electron chi connectivity index (χ3n) is 4.61. The second-order valence-electron chi connectivity index (χ2n) is 6.22. The number of benzene rings is 1. The highest BCUT2D eigenvalue weighted by Gasteiger charge is 2.21. The molecule has 4 aromatic rings. The molecule has 1 N–H and O–H groups in total. The third-order valence-corrected chi connectivity index (χ3v) is 5.81. The van der Waals surface area contributed by atoms with Gasteiger partial charge >= 0.3 is 0 Å². The number of anilines is 1. The van der Waals surface area contributed by atoms with Gasteiger partial charge in [-0.3, -0.25) is 5.43 Å². The van der Waals surface area contributed by atoms with E-state index in [0.29, 0.717) is 0 Å². The summed E-state index contributed by atoms with van der Waals surface area (Å²) in [5, 5.41) is 6.70. The number of hydrogen-bond donors (Lipinski definition) is 1. The summed E-state index contributed by atoms with van der Waals surface area (Å²) in [6.07, 6.45) is 5.07. The standard InChI is InChI=1S/C19H16N4OS/c1-11(15-9-12-5-2-3-7-14(12)24-15)22-23-18-17-13-6-4-8-16(13)25-19(17)21-10-20-18/h2-3,5,7,9-10H,4,6,8H2,1H3,(H,20,21,23)/b22-11-. The van der Waals surface area contributed by atoms with E-state index in [2.05, 4.69) is 20.5 Å². The van der Waals surface area contributed by atoms with Gasteiger partial charge in [-0.1, -0.05) is 18.2 Å². The molecular formula is C19H16N4OS. The Morgan fingerprint density at radius 2 is 2.16 bits per heavy atom. The van der Waals surface area contributed by atoms with Crippen LogP contribution in [0.3, 0.4) is 0 Å². The van der Waals surface area contributed by atoms with E-state index in [9.17, 15) is 0 Å². The van der Waals surface area contributed by atoms with Gasteiger partial charge in [0.25, 0.3) is 0 Å². The molecule has 1 aromatic carbocycles. The summed E-state index contributed by atoms with van der Waals surface area (Å²) in [5.41, 5.74) is 6.17. The molecule has 25 heavy (non-hydrogen) atoms. The SMILES string of the molecule is C/C(=N/Nc1ncnc2sc3c(c12)CCC3)c1cc2ccccc2o1. The first-order valence-corrected chi connectivity index (χ1v) is 9.16. The van der Waals surface area contributed by atoms with Gasteiger partial charge in [0.2, 0.25) is 0 Å². The molecular weight excluding hydrogens is 332 g/mol. The Labute approximate surface area is 148 Å². The lowest BCUT2D eigenvalue weighted by Crippen LogP contribution is -2.00. The van der Waals surface area contributed by atoms with E-state index in [1.807, 2.05) is 37.3 Å².